The molecule has 1 N–H and O–H groups in total. The Bertz CT molecular complexity index is 665. The Morgan fingerprint density at radius 2 is 2.25 bits per heavy atom. The van der Waals surface area contributed by atoms with E-state index in [1.165, 1.54) is 0 Å². The number of thioether (sulfide) groups is 1. The third kappa shape index (κ3) is 2.86. The van der Waals surface area contributed by atoms with Crippen LogP contribution >= 0.6 is 11.8 Å². The standard InChI is InChI=1S/C14H16N4OS/c1-11(12-5-4-9-19-12)15-7-10-20-14-17-16-13-6-2-3-8-18(13)14/h2-6,8-9,11,15H,7,10H2,1H3. The van der Waals surface area contributed by atoms with Gasteiger partial charge in [-0.25, -0.2) is 0 Å². The van der Waals surface area contributed by atoms with Crippen LogP contribution in [0.2, 0.25) is 0 Å². The van der Waals surface area contributed by atoms with Crippen molar-refractivity contribution in [3.05, 3.63) is 48.6 Å². The van der Waals surface area contributed by atoms with Gasteiger partial charge in [-0.3, -0.25) is 4.40 Å². The average Bonchev–Trinajstić information content (AvgIpc) is 3.13. The Morgan fingerprint density at radius 3 is 3.10 bits per heavy atom. The van der Waals surface area contributed by atoms with E-state index in [-0.39, 0.29) is 6.04 Å². The monoisotopic (exact) mass is 288 g/mol. The maximum Gasteiger partial charge on any atom is 0.195 e. The molecule has 0 amide bonds. The number of aromatic nitrogens is 3. The molecule has 104 valence electrons. The van der Waals surface area contributed by atoms with Crippen LogP contribution in [0.5, 0.6) is 0 Å². The molecule has 3 rings (SSSR count). The second kappa shape index (κ2) is 6.11. The third-order valence-electron chi connectivity index (χ3n) is 3.04. The van der Waals surface area contributed by atoms with E-state index >= 15 is 0 Å². The molecule has 0 spiro atoms. The van der Waals surface area contributed by atoms with E-state index in [1.54, 1.807) is 18.0 Å². The molecule has 0 radical (unpaired) electrons. The first kappa shape index (κ1) is 13.2. The molecule has 0 aliphatic rings. The maximum atomic E-state index is 5.36. The highest BCUT2D eigenvalue weighted by atomic mass is 32.2. The molecule has 0 aromatic carbocycles. The van der Waals surface area contributed by atoms with Gasteiger partial charge in [-0.2, -0.15) is 0 Å². The minimum atomic E-state index is 0.223. The van der Waals surface area contributed by atoms with Crippen LogP contribution < -0.4 is 5.32 Å². The smallest absolute Gasteiger partial charge is 0.195 e. The second-order valence-corrected chi connectivity index (χ2v) is 5.51. The van der Waals surface area contributed by atoms with E-state index < -0.39 is 0 Å². The Labute approximate surface area is 121 Å². The fourth-order valence-corrected chi connectivity index (χ4v) is 2.77. The van der Waals surface area contributed by atoms with Gasteiger partial charge in [0.15, 0.2) is 10.8 Å². The molecule has 5 nitrogen and oxygen atoms in total. The second-order valence-electron chi connectivity index (χ2n) is 4.45. The van der Waals surface area contributed by atoms with Crippen molar-refractivity contribution in [3.63, 3.8) is 0 Å². The van der Waals surface area contributed by atoms with Gasteiger partial charge in [0.25, 0.3) is 0 Å². The molecule has 0 fully saturated rings. The molecule has 0 saturated heterocycles. The summed E-state index contributed by atoms with van der Waals surface area (Å²) < 4.78 is 7.36. The minimum absolute atomic E-state index is 0.223. The fraction of sp³-hybridized carbons (Fsp3) is 0.286. The SMILES string of the molecule is CC(NCCSc1nnc2ccccn12)c1ccco1. The van der Waals surface area contributed by atoms with Crippen molar-refractivity contribution in [2.75, 3.05) is 12.3 Å². The van der Waals surface area contributed by atoms with Gasteiger partial charge in [-0.05, 0) is 31.2 Å². The van der Waals surface area contributed by atoms with Crippen LogP contribution in [-0.4, -0.2) is 26.9 Å². The molecule has 0 bridgehead atoms. The van der Waals surface area contributed by atoms with Gasteiger partial charge < -0.3 is 9.73 Å². The molecular weight excluding hydrogens is 272 g/mol. The number of rotatable bonds is 6. The first-order valence-corrected chi connectivity index (χ1v) is 7.52. The predicted octanol–water partition coefficient (Wildman–Crippen LogP) is 2.77. The lowest BCUT2D eigenvalue weighted by molar-refractivity contribution is 0.438. The van der Waals surface area contributed by atoms with E-state index in [9.17, 15) is 0 Å². The van der Waals surface area contributed by atoms with Crippen LogP contribution in [0.15, 0.2) is 52.4 Å². The summed E-state index contributed by atoms with van der Waals surface area (Å²) in [5.74, 6) is 1.89. The Kier molecular flexibility index (Phi) is 4.03. The Morgan fingerprint density at radius 1 is 1.30 bits per heavy atom. The molecule has 3 aromatic heterocycles. The van der Waals surface area contributed by atoms with Gasteiger partial charge in [0, 0.05) is 18.5 Å². The summed E-state index contributed by atoms with van der Waals surface area (Å²) in [6.45, 7) is 2.98. The summed E-state index contributed by atoms with van der Waals surface area (Å²) in [5, 5.41) is 12.7. The van der Waals surface area contributed by atoms with Gasteiger partial charge in [0.05, 0.1) is 12.3 Å². The molecule has 1 unspecified atom stereocenters. The molecule has 0 aliphatic heterocycles. The topological polar surface area (TPSA) is 55.4 Å². The molecule has 0 aliphatic carbocycles. The summed E-state index contributed by atoms with van der Waals surface area (Å²) in [6.07, 6.45) is 3.68. The van der Waals surface area contributed by atoms with E-state index in [0.29, 0.717) is 0 Å². The summed E-state index contributed by atoms with van der Waals surface area (Å²) >= 11 is 1.69. The number of hydrogen-bond donors (Lipinski definition) is 1. The number of nitrogens with zero attached hydrogens (tertiary/aromatic N) is 3. The molecule has 6 heteroatoms. The number of hydrogen-bond acceptors (Lipinski definition) is 5. The first-order valence-electron chi connectivity index (χ1n) is 6.54. The van der Waals surface area contributed by atoms with Gasteiger partial charge in [0.1, 0.15) is 5.76 Å². The third-order valence-corrected chi connectivity index (χ3v) is 3.98. The number of fused-ring (bicyclic) bond motifs is 1. The van der Waals surface area contributed by atoms with E-state index in [1.807, 2.05) is 40.9 Å². The van der Waals surface area contributed by atoms with Crippen LogP contribution in [0, 0.1) is 0 Å². The molecule has 3 heterocycles. The molecule has 1 atom stereocenters. The lowest BCUT2D eigenvalue weighted by Gasteiger charge is -2.10. The Balaban J connectivity index is 1.50. The summed E-state index contributed by atoms with van der Waals surface area (Å²) in [7, 11) is 0. The summed E-state index contributed by atoms with van der Waals surface area (Å²) in [6, 6.07) is 10.0. The van der Waals surface area contributed by atoms with Crippen LogP contribution in [0.25, 0.3) is 5.65 Å². The predicted molar refractivity (Wildman–Crippen MR) is 78.8 cm³/mol. The number of pyridine rings is 1. The minimum Gasteiger partial charge on any atom is -0.468 e. The molecule has 0 saturated carbocycles. The lowest BCUT2D eigenvalue weighted by atomic mass is 10.2. The Hall–Kier alpha value is -1.79. The van der Waals surface area contributed by atoms with Crippen molar-refractivity contribution in [2.45, 2.75) is 18.1 Å². The van der Waals surface area contributed by atoms with Crippen LogP contribution in [0.1, 0.15) is 18.7 Å². The highest BCUT2D eigenvalue weighted by Crippen LogP contribution is 2.17. The molecule has 20 heavy (non-hydrogen) atoms. The van der Waals surface area contributed by atoms with Crippen molar-refractivity contribution in [3.8, 4) is 0 Å². The van der Waals surface area contributed by atoms with Crippen molar-refractivity contribution < 1.29 is 4.42 Å². The van der Waals surface area contributed by atoms with Crippen molar-refractivity contribution in [2.24, 2.45) is 0 Å². The van der Waals surface area contributed by atoms with Crippen molar-refractivity contribution >= 4 is 17.4 Å². The highest BCUT2D eigenvalue weighted by Gasteiger charge is 2.08. The summed E-state index contributed by atoms with van der Waals surface area (Å²) in [4.78, 5) is 0. The maximum absolute atomic E-state index is 5.36. The lowest BCUT2D eigenvalue weighted by Crippen LogP contribution is -2.20. The first-order chi connectivity index (χ1) is 9.84. The molecular formula is C14H16N4OS. The van der Waals surface area contributed by atoms with Crippen LogP contribution in [0.3, 0.4) is 0 Å². The van der Waals surface area contributed by atoms with Crippen LogP contribution in [-0.2, 0) is 0 Å². The van der Waals surface area contributed by atoms with Gasteiger partial charge in [0.2, 0.25) is 0 Å². The fourth-order valence-electron chi connectivity index (χ4n) is 1.97. The van der Waals surface area contributed by atoms with Crippen molar-refractivity contribution in [1.29, 1.82) is 0 Å². The highest BCUT2D eigenvalue weighted by molar-refractivity contribution is 7.99. The molecule has 3 aromatic rings. The normalized spacial score (nSPS) is 12.8. The van der Waals surface area contributed by atoms with E-state index in [4.69, 9.17) is 4.42 Å². The van der Waals surface area contributed by atoms with Crippen molar-refractivity contribution in [1.82, 2.24) is 19.9 Å². The zero-order valence-corrected chi connectivity index (χ0v) is 12.0. The number of nitrogens with one attached hydrogen (secondary N) is 1. The van der Waals surface area contributed by atoms with E-state index in [2.05, 4.69) is 22.4 Å². The van der Waals surface area contributed by atoms with Gasteiger partial charge in [-0.1, -0.05) is 17.8 Å². The zero-order chi connectivity index (χ0) is 13.8. The van der Waals surface area contributed by atoms with Gasteiger partial charge >= 0.3 is 0 Å². The largest absolute Gasteiger partial charge is 0.468 e. The zero-order valence-electron chi connectivity index (χ0n) is 11.2. The quantitative estimate of drug-likeness (QED) is 0.558. The van der Waals surface area contributed by atoms with Crippen LogP contribution in [0.4, 0.5) is 0 Å². The summed E-state index contributed by atoms with van der Waals surface area (Å²) in [5.41, 5.74) is 0.881. The van der Waals surface area contributed by atoms with E-state index in [0.717, 1.165) is 28.9 Å². The number of furan rings is 1. The average molecular weight is 288 g/mol. The van der Waals surface area contributed by atoms with Gasteiger partial charge in [-0.15, -0.1) is 10.2 Å².